The summed E-state index contributed by atoms with van der Waals surface area (Å²) < 4.78 is 26.3. The first-order valence-corrected chi connectivity index (χ1v) is 7.20. The number of carbonyl (C=O) groups is 1. The summed E-state index contributed by atoms with van der Waals surface area (Å²) in [5, 5.41) is 11.4. The number of nitrogens with one attached hydrogen (secondary N) is 1. The molecule has 4 nitrogen and oxygen atoms in total. The molecule has 6 heteroatoms. The Bertz CT molecular complexity index is 493. The molecule has 0 aromatic heterocycles. The molecule has 0 bridgehead atoms. The van der Waals surface area contributed by atoms with Crippen molar-refractivity contribution in [1.29, 1.82) is 0 Å². The molecule has 2 N–H and O–H groups in total. The van der Waals surface area contributed by atoms with Crippen molar-refractivity contribution in [3.63, 3.8) is 0 Å². The third kappa shape index (κ3) is 4.47. The highest BCUT2D eigenvalue weighted by Gasteiger charge is 2.26. The molecule has 1 amide bonds. The Morgan fingerprint density at radius 3 is 2.71 bits per heavy atom. The van der Waals surface area contributed by atoms with Gasteiger partial charge in [-0.15, -0.1) is 0 Å². The van der Waals surface area contributed by atoms with Crippen molar-refractivity contribution in [3.05, 3.63) is 29.8 Å². The summed E-state index contributed by atoms with van der Waals surface area (Å²) in [7, 11) is 0. The van der Waals surface area contributed by atoms with Crippen LogP contribution in [0.25, 0.3) is 0 Å². The van der Waals surface area contributed by atoms with Crippen molar-refractivity contribution in [1.82, 2.24) is 4.90 Å². The lowest BCUT2D eigenvalue weighted by atomic mass is 9.91. The summed E-state index contributed by atoms with van der Waals surface area (Å²) in [5.41, 5.74) is -0.0166. The van der Waals surface area contributed by atoms with Gasteiger partial charge in [0.25, 0.3) is 0 Å². The van der Waals surface area contributed by atoms with Crippen LogP contribution in [0.2, 0.25) is 0 Å². The number of hydrogen-bond acceptors (Lipinski definition) is 3. The van der Waals surface area contributed by atoms with Gasteiger partial charge in [0, 0.05) is 25.3 Å². The fourth-order valence-corrected chi connectivity index (χ4v) is 2.38. The average molecular weight is 298 g/mol. The fourth-order valence-electron chi connectivity index (χ4n) is 2.38. The van der Waals surface area contributed by atoms with Crippen molar-refractivity contribution < 1.29 is 18.7 Å². The van der Waals surface area contributed by atoms with Crippen LogP contribution in [0.1, 0.15) is 25.7 Å². The molecule has 2 rings (SSSR count). The summed E-state index contributed by atoms with van der Waals surface area (Å²) in [6, 6.07) is 3.42. The number of halogens is 2. The fraction of sp³-hybridized carbons (Fsp3) is 0.533. The Morgan fingerprint density at radius 2 is 2.14 bits per heavy atom. The molecule has 21 heavy (non-hydrogen) atoms. The Hall–Kier alpha value is -1.53. The van der Waals surface area contributed by atoms with E-state index in [1.165, 1.54) is 6.07 Å². The van der Waals surface area contributed by atoms with E-state index in [4.69, 9.17) is 5.11 Å². The Labute approximate surface area is 122 Å². The van der Waals surface area contributed by atoms with E-state index < -0.39 is 11.6 Å². The van der Waals surface area contributed by atoms with Crippen LogP contribution in [0, 0.1) is 11.6 Å². The van der Waals surface area contributed by atoms with Gasteiger partial charge in [-0.25, -0.2) is 8.78 Å². The number of anilines is 1. The maximum atomic E-state index is 13.5. The van der Waals surface area contributed by atoms with Crippen molar-refractivity contribution in [3.8, 4) is 0 Å². The zero-order valence-electron chi connectivity index (χ0n) is 11.8. The van der Waals surface area contributed by atoms with Gasteiger partial charge in [-0.2, -0.15) is 0 Å². The lowest BCUT2D eigenvalue weighted by molar-refractivity contribution is -0.118. The maximum Gasteiger partial charge on any atom is 0.238 e. The molecule has 0 spiro atoms. The quantitative estimate of drug-likeness (QED) is 0.811. The number of aliphatic hydroxyl groups is 1. The molecular weight excluding hydrogens is 278 g/mol. The second kappa shape index (κ2) is 7.47. The summed E-state index contributed by atoms with van der Waals surface area (Å²) in [4.78, 5) is 14.0. The van der Waals surface area contributed by atoms with Crippen LogP contribution in [0.15, 0.2) is 18.2 Å². The van der Waals surface area contributed by atoms with E-state index in [2.05, 4.69) is 5.32 Å². The molecule has 1 saturated carbocycles. The molecule has 1 aliphatic carbocycles. The summed E-state index contributed by atoms with van der Waals surface area (Å²) in [6.07, 6.45) is 3.84. The first kappa shape index (κ1) is 15.9. The number of aliphatic hydroxyl groups excluding tert-OH is 1. The molecular formula is C15H20F2N2O2. The second-order valence-electron chi connectivity index (χ2n) is 5.30. The summed E-state index contributed by atoms with van der Waals surface area (Å²) in [6.45, 7) is 0.874. The number of hydrogen-bond donors (Lipinski definition) is 2. The largest absolute Gasteiger partial charge is 0.396 e. The lowest BCUT2D eigenvalue weighted by Gasteiger charge is -2.37. The van der Waals surface area contributed by atoms with E-state index in [0.717, 1.165) is 31.4 Å². The predicted molar refractivity (Wildman–Crippen MR) is 75.9 cm³/mol. The zero-order valence-corrected chi connectivity index (χ0v) is 11.8. The maximum absolute atomic E-state index is 13.5. The second-order valence-corrected chi connectivity index (χ2v) is 5.30. The molecule has 0 aliphatic heterocycles. The van der Waals surface area contributed by atoms with Crippen LogP contribution in [0.4, 0.5) is 14.5 Å². The highest BCUT2D eigenvalue weighted by molar-refractivity contribution is 5.92. The number of carbonyl (C=O) groups excluding carboxylic acids is 1. The first-order chi connectivity index (χ1) is 10.1. The molecule has 0 radical (unpaired) electrons. The molecule has 0 unspecified atom stereocenters. The van der Waals surface area contributed by atoms with Gasteiger partial charge in [0.2, 0.25) is 5.91 Å². The topological polar surface area (TPSA) is 52.6 Å². The minimum atomic E-state index is -0.783. The van der Waals surface area contributed by atoms with Gasteiger partial charge in [0.05, 0.1) is 12.2 Å². The Kier molecular flexibility index (Phi) is 5.64. The first-order valence-electron chi connectivity index (χ1n) is 7.20. The third-order valence-corrected chi connectivity index (χ3v) is 3.75. The highest BCUT2D eigenvalue weighted by atomic mass is 19.1. The minimum absolute atomic E-state index is 0.0166. The summed E-state index contributed by atoms with van der Waals surface area (Å²) >= 11 is 0. The van der Waals surface area contributed by atoms with Crippen LogP contribution < -0.4 is 5.32 Å². The number of amides is 1. The van der Waals surface area contributed by atoms with Crippen LogP contribution in [0.3, 0.4) is 0 Å². The van der Waals surface area contributed by atoms with Gasteiger partial charge < -0.3 is 10.4 Å². The molecule has 116 valence electrons. The predicted octanol–water partition coefficient (Wildman–Crippen LogP) is 2.14. The molecule has 0 atom stereocenters. The normalized spacial score (nSPS) is 15.0. The van der Waals surface area contributed by atoms with Crippen LogP contribution in [0.5, 0.6) is 0 Å². The van der Waals surface area contributed by atoms with E-state index >= 15 is 0 Å². The SMILES string of the molecule is O=C(CN(CCCO)C1CCC1)Nc1ccc(F)cc1F. The number of rotatable bonds is 7. The van der Waals surface area contributed by atoms with Crippen molar-refractivity contribution >= 4 is 11.6 Å². The third-order valence-electron chi connectivity index (χ3n) is 3.75. The van der Waals surface area contributed by atoms with Crippen molar-refractivity contribution in [2.75, 3.05) is 25.0 Å². The van der Waals surface area contributed by atoms with Crippen LogP contribution in [-0.2, 0) is 4.79 Å². The highest BCUT2D eigenvalue weighted by Crippen LogP contribution is 2.25. The molecule has 0 heterocycles. The van der Waals surface area contributed by atoms with E-state index in [-0.39, 0.29) is 24.7 Å². The van der Waals surface area contributed by atoms with E-state index in [1.54, 1.807) is 0 Å². The molecule has 1 aromatic carbocycles. The number of benzene rings is 1. The van der Waals surface area contributed by atoms with Gasteiger partial charge in [0.15, 0.2) is 0 Å². The molecule has 0 saturated heterocycles. The van der Waals surface area contributed by atoms with Gasteiger partial charge in [-0.05, 0) is 31.4 Å². The smallest absolute Gasteiger partial charge is 0.238 e. The monoisotopic (exact) mass is 298 g/mol. The van der Waals surface area contributed by atoms with E-state index in [0.29, 0.717) is 19.0 Å². The van der Waals surface area contributed by atoms with Crippen molar-refractivity contribution in [2.24, 2.45) is 0 Å². The van der Waals surface area contributed by atoms with Gasteiger partial charge in [-0.1, -0.05) is 6.42 Å². The standard InChI is InChI=1S/C15H20F2N2O2/c16-11-5-6-14(13(17)9-11)18-15(21)10-19(7-2-8-20)12-3-1-4-12/h5-6,9,12,20H,1-4,7-8,10H2,(H,18,21). The molecule has 1 fully saturated rings. The van der Waals surface area contributed by atoms with Crippen molar-refractivity contribution in [2.45, 2.75) is 31.7 Å². The van der Waals surface area contributed by atoms with Gasteiger partial charge >= 0.3 is 0 Å². The van der Waals surface area contributed by atoms with Gasteiger partial charge in [0.1, 0.15) is 11.6 Å². The number of nitrogens with zero attached hydrogens (tertiary/aromatic N) is 1. The lowest BCUT2D eigenvalue weighted by Crippen LogP contribution is -2.45. The van der Waals surface area contributed by atoms with Crippen LogP contribution in [-0.4, -0.2) is 41.7 Å². The average Bonchev–Trinajstić information content (AvgIpc) is 2.37. The van der Waals surface area contributed by atoms with E-state index in [9.17, 15) is 13.6 Å². The minimum Gasteiger partial charge on any atom is -0.396 e. The van der Waals surface area contributed by atoms with E-state index in [1.807, 2.05) is 4.90 Å². The molecule has 1 aliphatic rings. The van der Waals surface area contributed by atoms with Gasteiger partial charge in [-0.3, -0.25) is 9.69 Å². The van der Waals surface area contributed by atoms with Crippen LogP contribution >= 0.6 is 0 Å². The Morgan fingerprint density at radius 1 is 1.38 bits per heavy atom. The summed E-state index contributed by atoms with van der Waals surface area (Å²) in [5.74, 6) is -1.79. The zero-order chi connectivity index (χ0) is 15.2. The Balaban J connectivity index is 1.91. The molecule has 1 aromatic rings.